The van der Waals surface area contributed by atoms with Crippen LogP contribution in [0.15, 0.2) is 24.3 Å². The first-order chi connectivity index (χ1) is 6.65. The molecule has 0 amide bonds. The summed E-state index contributed by atoms with van der Waals surface area (Å²) >= 11 is 0. The molecule has 0 unspecified atom stereocenters. The largest absolute Gasteiger partial charge is 0.481 e. The molecular formula is C12H12O2. The Morgan fingerprint density at radius 3 is 2.93 bits per heavy atom. The maximum absolute atomic E-state index is 11.1. The van der Waals surface area contributed by atoms with E-state index in [9.17, 15) is 4.79 Å². The van der Waals surface area contributed by atoms with Gasteiger partial charge in [0.1, 0.15) is 0 Å². The van der Waals surface area contributed by atoms with Crippen LogP contribution in [-0.4, -0.2) is 11.1 Å². The molecule has 1 saturated carbocycles. The van der Waals surface area contributed by atoms with E-state index in [1.807, 2.05) is 19.1 Å². The molecular weight excluding hydrogens is 176 g/mol. The molecule has 0 aromatic heterocycles. The minimum atomic E-state index is -0.637. The lowest BCUT2D eigenvalue weighted by Gasteiger charge is -2.11. The van der Waals surface area contributed by atoms with Crippen molar-refractivity contribution >= 4 is 5.97 Å². The summed E-state index contributed by atoms with van der Waals surface area (Å²) in [4.78, 5) is 11.1. The van der Waals surface area contributed by atoms with E-state index >= 15 is 0 Å². The smallest absolute Gasteiger partial charge is 0.310 e. The van der Waals surface area contributed by atoms with E-state index in [1.54, 1.807) is 0 Å². The van der Waals surface area contributed by atoms with Crippen molar-refractivity contribution in [2.45, 2.75) is 19.3 Å². The zero-order chi connectivity index (χ0) is 9.92. The van der Waals surface area contributed by atoms with Crippen LogP contribution in [0.4, 0.5) is 0 Å². The second-order valence-electron chi connectivity index (χ2n) is 4.57. The molecule has 1 aromatic carbocycles. The van der Waals surface area contributed by atoms with Gasteiger partial charge in [0.2, 0.25) is 0 Å². The lowest BCUT2D eigenvalue weighted by Crippen LogP contribution is -2.17. The molecule has 0 aliphatic heterocycles. The van der Waals surface area contributed by atoms with E-state index in [0.29, 0.717) is 5.92 Å². The second-order valence-corrected chi connectivity index (χ2v) is 4.57. The van der Waals surface area contributed by atoms with E-state index in [0.717, 1.165) is 6.42 Å². The average Bonchev–Trinajstić information content (AvgIpc) is 2.58. The van der Waals surface area contributed by atoms with Crippen LogP contribution in [0.5, 0.6) is 0 Å². The summed E-state index contributed by atoms with van der Waals surface area (Å²) in [7, 11) is 0. The molecule has 3 rings (SSSR count). The summed E-state index contributed by atoms with van der Waals surface area (Å²) in [6.45, 7) is 1.88. The van der Waals surface area contributed by atoms with Crippen LogP contribution in [0.3, 0.4) is 0 Å². The van der Waals surface area contributed by atoms with Crippen LogP contribution in [0.25, 0.3) is 0 Å². The van der Waals surface area contributed by atoms with Gasteiger partial charge in [-0.15, -0.1) is 0 Å². The van der Waals surface area contributed by atoms with Crippen molar-refractivity contribution in [3.63, 3.8) is 0 Å². The van der Waals surface area contributed by atoms with Crippen LogP contribution in [0.1, 0.15) is 24.0 Å². The molecule has 2 aliphatic rings. The average molecular weight is 188 g/mol. The van der Waals surface area contributed by atoms with Crippen LogP contribution in [0.2, 0.25) is 0 Å². The van der Waals surface area contributed by atoms with Crippen LogP contribution in [-0.2, 0) is 11.2 Å². The minimum Gasteiger partial charge on any atom is -0.481 e. The lowest BCUT2D eigenvalue weighted by atomic mass is 9.93. The Morgan fingerprint density at radius 1 is 1.50 bits per heavy atom. The first-order valence-corrected chi connectivity index (χ1v) is 4.97. The summed E-state index contributed by atoms with van der Waals surface area (Å²) in [6.07, 6.45) is 0.948. The number of aliphatic carboxylic acids is 1. The summed E-state index contributed by atoms with van der Waals surface area (Å²) in [5.74, 6) is -0.0180. The molecule has 0 bridgehead atoms. The summed E-state index contributed by atoms with van der Waals surface area (Å²) in [5, 5.41) is 9.14. The van der Waals surface area contributed by atoms with Crippen molar-refractivity contribution in [3.05, 3.63) is 35.4 Å². The normalized spacial score (nSPS) is 37.5. The van der Waals surface area contributed by atoms with Crippen molar-refractivity contribution in [3.8, 4) is 0 Å². The van der Waals surface area contributed by atoms with Gasteiger partial charge in [-0.25, -0.2) is 0 Å². The van der Waals surface area contributed by atoms with Gasteiger partial charge in [0.25, 0.3) is 0 Å². The van der Waals surface area contributed by atoms with Crippen molar-refractivity contribution in [2.75, 3.05) is 0 Å². The van der Waals surface area contributed by atoms with Gasteiger partial charge in [-0.2, -0.15) is 0 Å². The van der Waals surface area contributed by atoms with Gasteiger partial charge in [0.15, 0.2) is 0 Å². The number of benzene rings is 1. The lowest BCUT2D eigenvalue weighted by molar-refractivity contribution is -0.143. The first kappa shape index (κ1) is 8.04. The maximum atomic E-state index is 11.1. The quantitative estimate of drug-likeness (QED) is 0.732. The van der Waals surface area contributed by atoms with E-state index in [1.165, 1.54) is 11.1 Å². The number of fused-ring (bicyclic) bond motifs is 3. The van der Waals surface area contributed by atoms with Gasteiger partial charge < -0.3 is 5.11 Å². The van der Waals surface area contributed by atoms with Gasteiger partial charge in [-0.3, -0.25) is 4.79 Å². The van der Waals surface area contributed by atoms with Crippen molar-refractivity contribution < 1.29 is 9.90 Å². The third-order valence-corrected chi connectivity index (χ3v) is 4.00. The fourth-order valence-corrected chi connectivity index (χ4v) is 3.02. The first-order valence-electron chi connectivity index (χ1n) is 4.97. The third-order valence-electron chi connectivity index (χ3n) is 4.00. The fourth-order valence-electron chi connectivity index (χ4n) is 3.02. The molecule has 1 aromatic rings. The van der Waals surface area contributed by atoms with Crippen molar-refractivity contribution in [2.24, 2.45) is 11.3 Å². The third kappa shape index (κ3) is 0.707. The zero-order valence-corrected chi connectivity index (χ0v) is 8.03. The molecule has 2 nitrogen and oxygen atoms in total. The predicted octanol–water partition coefficient (Wildman–Crippen LogP) is 2.05. The van der Waals surface area contributed by atoms with E-state index in [-0.39, 0.29) is 5.92 Å². The van der Waals surface area contributed by atoms with Gasteiger partial charge in [0.05, 0.1) is 5.41 Å². The number of hydrogen-bond acceptors (Lipinski definition) is 1. The van der Waals surface area contributed by atoms with E-state index in [2.05, 4.69) is 12.1 Å². The SMILES string of the molecule is C[C@]1(C(=O)O)[C@@H]2Cc3ccccc3[C@@H]21. The predicted molar refractivity (Wildman–Crippen MR) is 52.1 cm³/mol. The van der Waals surface area contributed by atoms with Crippen LogP contribution < -0.4 is 0 Å². The van der Waals surface area contributed by atoms with Crippen molar-refractivity contribution in [1.29, 1.82) is 0 Å². The Balaban J connectivity index is 2.05. The number of carboxylic acid groups (broad SMARTS) is 1. The molecule has 14 heavy (non-hydrogen) atoms. The Bertz CT molecular complexity index is 424. The summed E-state index contributed by atoms with van der Waals surface area (Å²) in [6, 6.07) is 8.22. The number of rotatable bonds is 1. The highest BCUT2D eigenvalue weighted by Gasteiger charge is 2.69. The summed E-state index contributed by atoms with van der Waals surface area (Å²) in [5.41, 5.74) is 2.14. The Labute approximate surface area is 82.6 Å². The minimum absolute atomic E-state index is 0.274. The molecule has 3 atom stereocenters. The zero-order valence-electron chi connectivity index (χ0n) is 8.03. The number of carboxylic acids is 1. The molecule has 72 valence electrons. The highest BCUT2D eigenvalue weighted by atomic mass is 16.4. The highest BCUT2D eigenvalue weighted by Crippen LogP contribution is 2.70. The van der Waals surface area contributed by atoms with Gasteiger partial charge in [0, 0.05) is 5.92 Å². The van der Waals surface area contributed by atoms with Gasteiger partial charge >= 0.3 is 5.97 Å². The monoisotopic (exact) mass is 188 g/mol. The summed E-state index contributed by atoms with van der Waals surface area (Å²) < 4.78 is 0. The molecule has 2 heteroatoms. The molecule has 2 aliphatic carbocycles. The highest BCUT2D eigenvalue weighted by molar-refractivity contribution is 5.82. The maximum Gasteiger partial charge on any atom is 0.310 e. The number of hydrogen-bond donors (Lipinski definition) is 1. The van der Waals surface area contributed by atoms with Crippen molar-refractivity contribution in [1.82, 2.24) is 0 Å². The Hall–Kier alpha value is -1.31. The molecule has 0 heterocycles. The van der Waals surface area contributed by atoms with Gasteiger partial charge in [-0.05, 0) is 30.4 Å². The van der Waals surface area contributed by atoms with E-state index in [4.69, 9.17) is 5.11 Å². The van der Waals surface area contributed by atoms with E-state index < -0.39 is 11.4 Å². The molecule has 1 N–H and O–H groups in total. The van der Waals surface area contributed by atoms with Gasteiger partial charge in [-0.1, -0.05) is 24.3 Å². The molecule has 0 spiro atoms. The molecule has 0 saturated heterocycles. The molecule has 1 fully saturated rings. The van der Waals surface area contributed by atoms with Crippen LogP contribution in [0, 0.1) is 11.3 Å². The topological polar surface area (TPSA) is 37.3 Å². The Morgan fingerprint density at radius 2 is 2.21 bits per heavy atom. The standard InChI is InChI=1S/C12H12O2/c1-12(11(13)14)9-6-7-4-2-3-5-8(7)10(9)12/h2-5,9-10H,6H2,1H3,(H,13,14)/t9-,10+,12+/m1/s1. The second kappa shape index (κ2) is 2.19. The number of carbonyl (C=O) groups is 1. The Kier molecular flexibility index (Phi) is 1.26. The van der Waals surface area contributed by atoms with Crippen LogP contribution >= 0.6 is 0 Å². The molecule has 0 radical (unpaired) electrons. The fraction of sp³-hybridized carbons (Fsp3) is 0.417.